The van der Waals surface area contributed by atoms with Gasteiger partial charge in [-0.1, -0.05) is 24.1 Å². The summed E-state index contributed by atoms with van der Waals surface area (Å²) in [6, 6.07) is 13.4. The van der Waals surface area contributed by atoms with E-state index in [1.165, 1.54) is 10.4 Å². The van der Waals surface area contributed by atoms with Crippen LogP contribution in [0.5, 0.6) is 5.75 Å². The number of ether oxygens (including phenoxy) is 1. The second-order valence-corrected chi connectivity index (χ2v) is 9.63. The van der Waals surface area contributed by atoms with Crippen molar-refractivity contribution >= 4 is 27.5 Å². The average Bonchev–Trinajstić information content (AvgIpc) is 2.78. The van der Waals surface area contributed by atoms with Gasteiger partial charge in [0.15, 0.2) is 0 Å². The van der Waals surface area contributed by atoms with Gasteiger partial charge in [-0.2, -0.15) is 4.31 Å². The first-order valence-corrected chi connectivity index (χ1v) is 12.1. The van der Waals surface area contributed by atoms with Crippen LogP contribution in [0.15, 0.2) is 53.4 Å². The van der Waals surface area contributed by atoms with Crippen LogP contribution in [0.1, 0.15) is 42.5 Å². The summed E-state index contributed by atoms with van der Waals surface area (Å²) in [5.74, 6) is 0.486. The van der Waals surface area contributed by atoms with Crippen LogP contribution in [0.25, 0.3) is 0 Å². The maximum Gasteiger partial charge on any atom is 0.251 e. The first kappa shape index (κ1) is 22.6. The molecule has 1 heterocycles. The van der Waals surface area contributed by atoms with Crippen molar-refractivity contribution in [3.8, 4) is 5.75 Å². The van der Waals surface area contributed by atoms with Crippen LogP contribution in [0.2, 0.25) is 5.02 Å². The zero-order valence-electron chi connectivity index (χ0n) is 16.8. The molecule has 0 aromatic heterocycles. The number of hydrogen-bond donors (Lipinski definition) is 1. The summed E-state index contributed by atoms with van der Waals surface area (Å²) >= 11 is 5.84. The molecule has 0 saturated carbocycles. The van der Waals surface area contributed by atoms with Gasteiger partial charge in [-0.25, -0.2) is 8.42 Å². The molecule has 0 bridgehead atoms. The highest BCUT2D eigenvalue weighted by Gasteiger charge is 2.26. The monoisotopic (exact) mass is 450 g/mol. The Balaban J connectivity index is 1.45. The van der Waals surface area contributed by atoms with E-state index >= 15 is 0 Å². The van der Waals surface area contributed by atoms with Crippen molar-refractivity contribution in [2.24, 2.45) is 0 Å². The van der Waals surface area contributed by atoms with Gasteiger partial charge >= 0.3 is 0 Å². The van der Waals surface area contributed by atoms with Crippen molar-refractivity contribution in [2.75, 3.05) is 26.2 Å². The first-order chi connectivity index (χ1) is 14.5. The first-order valence-electron chi connectivity index (χ1n) is 10.2. The minimum absolute atomic E-state index is 0.174. The summed E-state index contributed by atoms with van der Waals surface area (Å²) in [7, 11) is -3.55. The normalized spacial score (nSPS) is 15.0. The predicted molar refractivity (Wildman–Crippen MR) is 118 cm³/mol. The Kier molecular flexibility index (Phi) is 8.13. The van der Waals surface area contributed by atoms with Crippen molar-refractivity contribution in [3.05, 3.63) is 59.1 Å². The number of hydrogen-bond acceptors (Lipinski definition) is 4. The third-order valence-corrected chi connectivity index (χ3v) is 7.13. The molecular weight excluding hydrogens is 424 g/mol. The van der Waals surface area contributed by atoms with E-state index in [-0.39, 0.29) is 10.8 Å². The van der Waals surface area contributed by atoms with Crippen molar-refractivity contribution in [2.45, 2.75) is 37.0 Å². The fraction of sp³-hybridized carbons (Fsp3) is 0.409. The lowest BCUT2D eigenvalue weighted by atomic mass is 10.2. The molecule has 0 atom stereocenters. The van der Waals surface area contributed by atoms with Gasteiger partial charge in [-0.3, -0.25) is 4.79 Å². The number of sulfonamides is 1. The van der Waals surface area contributed by atoms with E-state index in [0.29, 0.717) is 36.8 Å². The molecule has 3 rings (SSSR count). The zero-order chi connectivity index (χ0) is 21.4. The summed E-state index contributed by atoms with van der Waals surface area (Å²) in [6.45, 7) is 2.11. The molecule has 1 amide bonds. The number of halogens is 1. The van der Waals surface area contributed by atoms with Gasteiger partial charge < -0.3 is 10.1 Å². The van der Waals surface area contributed by atoms with Gasteiger partial charge in [-0.15, -0.1) is 0 Å². The summed E-state index contributed by atoms with van der Waals surface area (Å²) in [5.41, 5.74) is 0.352. The van der Waals surface area contributed by atoms with E-state index in [1.54, 1.807) is 30.3 Å². The summed E-state index contributed by atoms with van der Waals surface area (Å²) in [4.78, 5) is 12.6. The maximum atomic E-state index is 12.8. The second-order valence-electron chi connectivity index (χ2n) is 7.26. The lowest BCUT2D eigenvalue weighted by Crippen LogP contribution is -2.35. The van der Waals surface area contributed by atoms with Gasteiger partial charge in [-0.05, 0) is 68.1 Å². The van der Waals surface area contributed by atoms with Gasteiger partial charge in [0.25, 0.3) is 5.91 Å². The molecule has 30 heavy (non-hydrogen) atoms. The Morgan fingerprint density at radius 1 is 1.03 bits per heavy atom. The molecule has 6 nitrogen and oxygen atoms in total. The van der Waals surface area contributed by atoms with Crippen molar-refractivity contribution in [3.63, 3.8) is 0 Å². The van der Waals surface area contributed by atoms with E-state index in [1.807, 2.05) is 12.1 Å². The Labute approximate surface area is 183 Å². The van der Waals surface area contributed by atoms with Gasteiger partial charge in [0.2, 0.25) is 10.0 Å². The van der Waals surface area contributed by atoms with Crippen molar-refractivity contribution < 1.29 is 17.9 Å². The van der Waals surface area contributed by atoms with Gasteiger partial charge in [0, 0.05) is 30.2 Å². The molecule has 2 aromatic carbocycles. The summed E-state index contributed by atoms with van der Waals surface area (Å²) in [5, 5.41) is 3.51. The molecule has 2 aromatic rings. The van der Waals surface area contributed by atoms with Crippen LogP contribution < -0.4 is 10.1 Å². The number of amides is 1. The van der Waals surface area contributed by atoms with Crippen LogP contribution in [0, 0.1) is 0 Å². The van der Waals surface area contributed by atoms with Crippen LogP contribution >= 0.6 is 11.6 Å². The molecular formula is C22H27ClN2O4S. The van der Waals surface area contributed by atoms with E-state index in [0.717, 1.165) is 37.9 Å². The molecule has 0 unspecified atom stereocenters. The molecule has 1 saturated heterocycles. The molecule has 162 valence electrons. The number of carbonyl (C=O) groups excluding carboxylic acids is 1. The van der Waals surface area contributed by atoms with Crippen LogP contribution in [-0.2, 0) is 10.0 Å². The highest BCUT2D eigenvalue weighted by atomic mass is 35.5. The van der Waals surface area contributed by atoms with E-state index in [4.69, 9.17) is 16.3 Å². The molecule has 8 heteroatoms. The lowest BCUT2D eigenvalue weighted by Gasteiger charge is -2.26. The number of carbonyl (C=O) groups is 1. The van der Waals surface area contributed by atoms with Gasteiger partial charge in [0.1, 0.15) is 5.75 Å². The second kappa shape index (κ2) is 10.8. The standard InChI is InChI=1S/C22H27ClN2O4S/c23-19-9-11-20(12-10-19)29-16-5-2-13-24-22(26)18-7-6-8-21(17-18)30(27,28)25-14-3-1-4-15-25/h6-12,17H,1-5,13-16H2,(H,24,26). The smallest absolute Gasteiger partial charge is 0.251 e. The van der Waals surface area contributed by atoms with Crippen molar-refractivity contribution in [1.82, 2.24) is 9.62 Å². The van der Waals surface area contributed by atoms with Gasteiger partial charge in [0.05, 0.1) is 11.5 Å². The minimum Gasteiger partial charge on any atom is -0.494 e. The molecule has 1 aliphatic heterocycles. The Bertz CT molecular complexity index is 942. The average molecular weight is 451 g/mol. The highest BCUT2D eigenvalue weighted by molar-refractivity contribution is 7.89. The quantitative estimate of drug-likeness (QED) is 0.583. The van der Waals surface area contributed by atoms with Crippen LogP contribution in [0.3, 0.4) is 0 Å². The largest absolute Gasteiger partial charge is 0.494 e. The molecule has 0 spiro atoms. The Hall–Kier alpha value is -2.09. The molecule has 0 radical (unpaired) electrons. The maximum absolute atomic E-state index is 12.8. The fourth-order valence-electron chi connectivity index (χ4n) is 3.30. The molecule has 1 fully saturated rings. The summed E-state index contributed by atoms with van der Waals surface area (Å²) < 4.78 is 32.7. The number of rotatable bonds is 9. The number of nitrogens with one attached hydrogen (secondary N) is 1. The number of piperidine rings is 1. The number of unbranched alkanes of at least 4 members (excludes halogenated alkanes) is 1. The molecule has 0 aliphatic carbocycles. The summed E-state index contributed by atoms with van der Waals surface area (Å²) in [6.07, 6.45) is 4.35. The van der Waals surface area contributed by atoms with Crippen molar-refractivity contribution in [1.29, 1.82) is 0 Å². The van der Waals surface area contributed by atoms with E-state index in [2.05, 4.69) is 5.32 Å². The topological polar surface area (TPSA) is 75.7 Å². The highest BCUT2D eigenvalue weighted by Crippen LogP contribution is 2.21. The number of benzene rings is 2. The third kappa shape index (κ3) is 6.20. The zero-order valence-corrected chi connectivity index (χ0v) is 18.4. The fourth-order valence-corrected chi connectivity index (χ4v) is 4.99. The van der Waals surface area contributed by atoms with E-state index < -0.39 is 10.0 Å². The Morgan fingerprint density at radius 3 is 2.50 bits per heavy atom. The van der Waals surface area contributed by atoms with Crippen LogP contribution in [0.4, 0.5) is 0 Å². The molecule has 1 N–H and O–H groups in total. The minimum atomic E-state index is -3.55. The molecule has 1 aliphatic rings. The third-order valence-electron chi connectivity index (χ3n) is 4.99. The van der Waals surface area contributed by atoms with Crippen LogP contribution in [-0.4, -0.2) is 44.9 Å². The number of nitrogens with zero attached hydrogens (tertiary/aromatic N) is 1. The SMILES string of the molecule is O=C(NCCCCOc1ccc(Cl)cc1)c1cccc(S(=O)(=O)N2CCCCC2)c1. The lowest BCUT2D eigenvalue weighted by molar-refractivity contribution is 0.0952. The van der Waals surface area contributed by atoms with E-state index in [9.17, 15) is 13.2 Å². The predicted octanol–water partition coefficient (Wildman–Crippen LogP) is 4.10. The Morgan fingerprint density at radius 2 is 1.77 bits per heavy atom.